The highest BCUT2D eigenvalue weighted by Gasteiger charge is 2.27. The number of alkyl halides is 3. The summed E-state index contributed by atoms with van der Waals surface area (Å²) in [6, 6.07) is 4.07. The molecule has 1 atom stereocenters. The van der Waals surface area contributed by atoms with Gasteiger partial charge < -0.3 is 5.32 Å². The van der Waals surface area contributed by atoms with Crippen molar-refractivity contribution in [1.82, 2.24) is 5.32 Å². The molecule has 1 aromatic rings. The van der Waals surface area contributed by atoms with Crippen LogP contribution in [-0.2, 0) is 0 Å². The molecule has 0 radical (unpaired) electrons. The van der Waals surface area contributed by atoms with E-state index in [0.29, 0.717) is 6.42 Å². The van der Waals surface area contributed by atoms with Crippen molar-refractivity contribution in [2.24, 2.45) is 0 Å². The first kappa shape index (κ1) is 14.5. The third kappa shape index (κ3) is 5.55. The maximum atomic E-state index is 12.1. The molecule has 0 bridgehead atoms. The minimum Gasteiger partial charge on any atom is -0.310 e. The maximum absolute atomic E-state index is 12.1. The molecule has 0 fully saturated rings. The van der Waals surface area contributed by atoms with Gasteiger partial charge in [-0.25, -0.2) is 0 Å². The van der Waals surface area contributed by atoms with Crippen molar-refractivity contribution in [2.45, 2.75) is 45.3 Å². The molecule has 0 aliphatic carbocycles. The molecule has 0 spiro atoms. The monoisotopic (exact) mass is 265 g/mol. The van der Waals surface area contributed by atoms with Crippen LogP contribution >= 0.6 is 11.3 Å². The summed E-state index contributed by atoms with van der Waals surface area (Å²) < 4.78 is 36.2. The third-order valence-corrected chi connectivity index (χ3v) is 3.62. The average Bonchev–Trinajstić information content (AvgIpc) is 2.62. The van der Waals surface area contributed by atoms with E-state index in [9.17, 15) is 13.2 Å². The second-order valence-electron chi connectivity index (χ2n) is 4.07. The number of thiophene rings is 1. The van der Waals surface area contributed by atoms with Crippen LogP contribution in [-0.4, -0.2) is 12.7 Å². The average molecular weight is 265 g/mol. The first-order valence-corrected chi connectivity index (χ1v) is 6.60. The fraction of sp³-hybridized carbons (Fsp3) is 0.667. The summed E-state index contributed by atoms with van der Waals surface area (Å²) in [7, 11) is 0. The fourth-order valence-corrected chi connectivity index (χ4v) is 2.73. The standard InChI is InChI=1S/C12H18F3NS/c1-3-16-10(5-4-8-12(13,14)15)11-7-6-9(2)17-11/h6-7,10,16H,3-5,8H2,1-2H3. The summed E-state index contributed by atoms with van der Waals surface area (Å²) in [6.45, 7) is 4.75. The first-order valence-electron chi connectivity index (χ1n) is 5.79. The molecule has 1 N–H and O–H groups in total. The van der Waals surface area contributed by atoms with E-state index in [1.54, 1.807) is 11.3 Å². The van der Waals surface area contributed by atoms with Gasteiger partial charge in [-0.3, -0.25) is 0 Å². The molecule has 1 heterocycles. The number of halogens is 3. The van der Waals surface area contributed by atoms with E-state index >= 15 is 0 Å². The van der Waals surface area contributed by atoms with E-state index in [1.807, 2.05) is 26.0 Å². The Kier molecular flexibility index (Phi) is 5.46. The van der Waals surface area contributed by atoms with Crippen molar-refractivity contribution >= 4 is 11.3 Å². The lowest BCUT2D eigenvalue weighted by Gasteiger charge is -2.16. The van der Waals surface area contributed by atoms with E-state index in [0.717, 1.165) is 11.4 Å². The van der Waals surface area contributed by atoms with Gasteiger partial charge in [0.25, 0.3) is 0 Å². The molecule has 0 aliphatic heterocycles. The van der Waals surface area contributed by atoms with E-state index < -0.39 is 12.6 Å². The number of nitrogens with one attached hydrogen (secondary N) is 1. The van der Waals surface area contributed by atoms with Gasteiger partial charge >= 0.3 is 6.18 Å². The Morgan fingerprint density at radius 2 is 2.06 bits per heavy atom. The molecule has 1 nitrogen and oxygen atoms in total. The van der Waals surface area contributed by atoms with Gasteiger partial charge in [0.2, 0.25) is 0 Å². The Morgan fingerprint density at radius 3 is 2.53 bits per heavy atom. The Hall–Kier alpha value is -0.550. The van der Waals surface area contributed by atoms with Crippen molar-refractivity contribution in [1.29, 1.82) is 0 Å². The Labute approximate surface area is 104 Å². The van der Waals surface area contributed by atoms with Crippen LogP contribution in [0.3, 0.4) is 0 Å². The van der Waals surface area contributed by atoms with Gasteiger partial charge in [-0.05, 0) is 38.4 Å². The summed E-state index contributed by atoms with van der Waals surface area (Å²) >= 11 is 1.65. The second-order valence-corrected chi connectivity index (χ2v) is 5.39. The molecule has 1 unspecified atom stereocenters. The van der Waals surface area contributed by atoms with Crippen LogP contribution in [0, 0.1) is 6.92 Å². The molecule has 0 saturated carbocycles. The van der Waals surface area contributed by atoms with Gasteiger partial charge in [-0.15, -0.1) is 11.3 Å². The lowest BCUT2D eigenvalue weighted by molar-refractivity contribution is -0.135. The Morgan fingerprint density at radius 1 is 1.35 bits per heavy atom. The molecule has 1 aromatic heterocycles. The van der Waals surface area contributed by atoms with E-state index in [2.05, 4.69) is 5.32 Å². The van der Waals surface area contributed by atoms with Crippen molar-refractivity contribution in [3.63, 3.8) is 0 Å². The summed E-state index contributed by atoms with van der Waals surface area (Å²) in [5, 5.41) is 3.24. The van der Waals surface area contributed by atoms with Gasteiger partial charge in [0, 0.05) is 22.2 Å². The largest absolute Gasteiger partial charge is 0.389 e. The molecule has 98 valence electrons. The van der Waals surface area contributed by atoms with Crippen LogP contribution in [0.1, 0.15) is 42.0 Å². The van der Waals surface area contributed by atoms with Gasteiger partial charge in [-0.1, -0.05) is 6.92 Å². The topological polar surface area (TPSA) is 12.0 Å². The number of aryl methyl sites for hydroxylation is 1. The highest BCUT2D eigenvalue weighted by molar-refractivity contribution is 7.12. The number of hydrogen-bond donors (Lipinski definition) is 1. The third-order valence-electron chi connectivity index (χ3n) is 2.51. The first-order chi connectivity index (χ1) is 7.92. The molecule has 0 saturated heterocycles. The van der Waals surface area contributed by atoms with Crippen molar-refractivity contribution in [3.05, 3.63) is 21.9 Å². The Bertz CT molecular complexity index is 333. The van der Waals surface area contributed by atoms with Gasteiger partial charge in [0.1, 0.15) is 0 Å². The minimum absolute atomic E-state index is 0.0565. The second kappa shape index (κ2) is 6.40. The highest BCUT2D eigenvalue weighted by Crippen LogP contribution is 2.29. The van der Waals surface area contributed by atoms with Crippen molar-refractivity contribution in [3.8, 4) is 0 Å². The highest BCUT2D eigenvalue weighted by atomic mass is 32.1. The quantitative estimate of drug-likeness (QED) is 0.801. The smallest absolute Gasteiger partial charge is 0.310 e. The molecule has 5 heteroatoms. The molecular weight excluding hydrogens is 247 g/mol. The van der Waals surface area contributed by atoms with E-state index in [4.69, 9.17) is 0 Å². The van der Waals surface area contributed by atoms with Crippen LogP contribution in [0.2, 0.25) is 0 Å². The predicted molar refractivity (Wildman–Crippen MR) is 65.4 cm³/mol. The summed E-state index contributed by atoms with van der Waals surface area (Å²) in [5.41, 5.74) is 0. The SMILES string of the molecule is CCNC(CCCC(F)(F)F)c1ccc(C)s1. The maximum Gasteiger partial charge on any atom is 0.389 e. The lowest BCUT2D eigenvalue weighted by atomic mass is 10.1. The van der Waals surface area contributed by atoms with Crippen LogP contribution in [0.25, 0.3) is 0 Å². The van der Waals surface area contributed by atoms with Crippen molar-refractivity contribution < 1.29 is 13.2 Å². The van der Waals surface area contributed by atoms with Crippen LogP contribution in [0.15, 0.2) is 12.1 Å². The van der Waals surface area contributed by atoms with Gasteiger partial charge in [0.05, 0.1) is 0 Å². The molecule has 17 heavy (non-hydrogen) atoms. The number of hydrogen-bond acceptors (Lipinski definition) is 2. The van der Waals surface area contributed by atoms with Crippen molar-refractivity contribution in [2.75, 3.05) is 6.54 Å². The summed E-state index contributed by atoms with van der Waals surface area (Å²) in [4.78, 5) is 2.32. The zero-order chi connectivity index (χ0) is 12.9. The summed E-state index contributed by atoms with van der Waals surface area (Å²) in [5.74, 6) is 0. The predicted octanol–water partition coefficient (Wildman–Crippen LogP) is 4.44. The molecular formula is C12H18F3NS. The van der Waals surface area contributed by atoms with Gasteiger partial charge in [-0.2, -0.15) is 13.2 Å². The Balaban J connectivity index is 2.49. The molecule has 0 aliphatic rings. The fourth-order valence-electron chi connectivity index (χ4n) is 1.74. The lowest BCUT2D eigenvalue weighted by Crippen LogP contribution is -2.20. The molecule has 1 rings (SSSR count). The zero-order valence-electron chi connectivity index (χ0n) is 10.1. The number of rotatable bonds is 6. The summed E-state index contributed by atoms with van der Waals surface area (Å²) in [6.07, 6.45) is -4.02. The normalized spacial score (nSPS) is 13.9. The van der Waals surface area contributed by atoms with Gasteiger partial charge in [0.15, 0.2) is 0 Å². The van der Waals surface area contributed by atoms with Crippen LogP contribution < -0.4 is 5.32 Å². The van der Waals surface area contributed by atoms with E-state index in [1.165, 1.54) is 4.88 Å². The molecule has 0 aromatic carbocycles. The molecule has 0 amide bonds. The van der Waals surface area contributed by atoms with E-state index in [-0.39, 0.29) is 12.5 Å². The zero-order valence-corrected chi connectivity index (χ0v) is 10.9. The van der Waals surface area contributed by atoms with Crippen LogP contribution in [0.4, 0.5) is 13.2 Å². The minimum atomic E-state index is -4.04. The van der Waals surface area contributed by atoms with Crippen LogP contribution in [0.5, 0.6) is 0 Å².